The van der Waals surface area contributed by atoms with Crippen molar-refractivity contribution in [1.29, 1.82) is 0 Å². The average Bonchev–Trinajstić information content (AvgIpc) is 3.16. The molecule has 0 saturated carbocycles. The molecule has 4 aromatic rings. The SMILES string of the molecule is Cc1cc(-c2ccnn2C)c2cccc(OCc3c(Cl)cncc3CCS(C)(=O)=O)c2n1. The fourth-order valence-corrected chi connectivity index (χ4v) is 4.46. The number of aryl methyl sites for hydroxylation is 3. The molecule has 9 heteroatoms. The number of nitrogens with zero attached hydrogens (tertiary/aromatic N) is 4. The second-order valence-electron chi connectivity index (χ2n) is 7.73. The lowest BCUT2D eigenvalue weighted by Crippen LogP contribution is -2.09. The van der Waals surface area contributed by atoms with Gasteiger partial charge < -0.3 is 4.74 Å². The van der Waals surface area contributed by atoms with Gasteiger partial charge in [0, 0.05) is 54.1 Å². The summed E-state index contributed by atoms with van der Waals surface area (Å²) < 4.78 is 31.2. The Hall–Kier alpha value is -2.97. The van der Waals surface area contributed by atoms with Crippen LogP contribution in [0.5, 0.6) is 5.75 Å². The predicted octanol–water partition coefficient (Wildman–Crippen LogP) is 4.16. The van der Waals surface area contributed by atoms with Crippen LogP contribution in [0.4, 0.5) is 0 Å². The second-order valence-corrected chi connectivity index (χ2v) is 10.4. The summed E-state index contributed by atoms with van der Waals surface area (Å²) in [7, 11) is -1.21. The first-order valence-corrected chi connectivity index (χ1v) is 12.5. The molecule has 0 N–H and O–H groups in total. The van der Waals surface area contributed by atoms with Crippen molar-refractivity contribution < 1.29 is 13.2 Å². The normalized spacial score (nSPS) is 11.8. The number of aromatic nitrogens is 4. The molecule has 0 amide bonds. The molecule has 0 saturated heterocycles. The van der Waals surface area contributed by atoms with Crippen LogP contribution in [0.3, 0.4) is 0 Å². The van der Waals surface area contributed by atoms with E-state index in [4.69, 9.17) is 21.3 Å². The van der Waals surface area contributed by atoms with Crippen LogP contribution in [0.15, 0.2) is 48.9 Å². The molecule has 32 heavy (non-hydrogen) atoms. The molecule has 166 valence electrons. The number of ether oxygens (including phenoxy) is 1. The Morgan fingerprint density at radius 3 is 2.72 bits per heavy atom. The van der Waals surface area contributed by atoms with Gasteiger partial charge in [-0.15, -0.1) is 0 Å². The van der Waals surface area contributed by atoms with Crippen LogP contribution < -0.4 is 4.74 Å². The van der Waals surface area contributed by atoms with Crippen molar-refractivity contribution in [2.45, 2.75) is 20.0 Å². The number of hydrogen-bond acceptors (Lipinski definition) is 6. The Balaban J connectivity index is 1.70. The summed E-state index contributed by atoms with van der Waals surface area (Å²) in [5.74, 6) is 0.641. The minimum Gasteiger partial charge on any atom is -0.487 e. The lowest BCUT2D eigenvalue weighted by molar-refractivity contribution is 0.308. The number of pyridine rings is 2. The van der Waals surface area contributed by atoms with Crippen molar-refractivity contribution in [3.8, 4) is 17.0 Å². The molecule has 7 nitrogen and oxygen atoms in total. The van der Waals surface area contributed by atoms with Crippen molar-refractivity contribution in [1.82, 2.24) is 19.7 Å². The van der Waals surface area contributed by atoms with E-state index in [-0.39, 0.29) is 12.4 Å². The molecule has 0 aliphatic rings. The van der Waals surface area contributed by atoms with Gasteiger partial charge in [-0.25, -0.2) is 13.4 Å². The maximum absolute atomic E-state index is 11.6. The minimum absolute atomic E-state index is 0.0189. The van der Waals surface area contributed by atoms with Gasteiger partial charge in [0.2, 0.25) is 0 Å². The van der Waals surface area contributed by atoms with Gasteiger partial charge in [0.1, 0.15) is 27.7 Å². The van der Waals surface area contributed by atoms with Gasteiger partial charge in [-0.3, -0.25) is 9.67 Å². The van der Waals surface area contributed by atoms with Gasteiger partial charge in [0.15, 0.2) is 0 Å². The van der Waals surface area contributed by atoms with Gasteiger partial charge in [0.25, 0.3) is 0 Å². The molecule has 3 heterocycles. The second kappa shape index (κ2) is 8.88. The molecule has 0 bridgehead atoms. The van der Waals surface area contributed by atoms with Crippen molar-refractivity contribution in [2.24, 2.45) is 7.05 Å². The van der Waals surface area contributed by atoms with Crippen molar-refractivity contribution in [2.75, 3.05) is 12.0 Å². The highest BCUT2D eigenvalue weighted by atomic mass is 35.5. The van der Waals surface area contributed by atoms with E-state index in [0.717, 1.165) is 39.0 Å². The van der Waals surface area contributed by atoms with E-state index in [2.05, 4.69) is 10.1 Å². The summed E-state index contributed by atoms with van der Waals surface area (Å²) in [6.45, 7) is 2.12. The van der Waals surface area contributed by atoms with Crippen LogP contribution >= 0.6 is 11.6 Å². The highest BCUT2D eigenvalue weighted by Crippen LogP contribution is 2.33. The molecule has 4 rings (SSSR count). The zero-order valence-corrected chi connectivity index (χ0v) is 19.6. The maximum atomic E-state index is 11.6. The van der Waals surface area contributed by atoms with Crippen molar-refractivity contribution >= 4 is 32.3 Å². The summed E-state index contributed by atoms with van der Waals surface area (Å²) in [6.07, 6.45) is 6.48. The highest BCUT2D eigenvalue weighted by Gasteiger charge is 2.15. The molecule has 0 aliphatic heterocycles. The molecule has 0 atom stereocenters. The summed E-state index contributed by atoms with van der Waals surface area (Å²) in [5, 5.41) is 5.68. The minimum atomic E-state index is -3.11. The Morgan fingerprint density at radius 2 is 2.00 bits per heavy atom. The first-order valence-electron chi connectivity index (χ1n) is 10.0. The first-order chi connectivity index (χ1) is 15.2. The number of rotatable bonds is 7. The topological polar surface area (TPSA) is 87.0 Å². The summed E-state index contributed by atoms with van der Waals surface area (Å²) >= 11 is 6.38. The van der Waals surface area contributed by atoms with Gasteiger partial charge in [-0.05, 0) is 37.1 Å². The van der Waals surface area contributed by atoms with Crippen LogP contribution in [0, 0.1) is 6.92 Å². The Labute approximate surface area is 192 Å². The number of para-hydroxylation sites is 1. The fraction of sp³-hybridized carbons (Fsp3) is 0.261. The quantitative estimate of drug-likeness (QED) is 0.403. The first kappa shape index (κ1) is 22.2. The van der Waals surface area contributed by atoms with Gasteiger partial charge in [0.05, 0.1) is 16.5 Å². The van der Waals surface area contributed by atoms with E-state index in [1.54, 1.807) is 12.4 Å². The van der Waals surface area contributed by atoms with Crippen LogP contribution in [0.25, 0.3) is 22.2 Å². The molecule has 0 aliphatic carbocycles. The number of sulfone groups is 1. The predicted molar refractivity (Wildman–Crippen MR) is 126 cm³/mol. The molecule has 0 fully saturated rings. The average molecular weight is 471 g/mol. The molecule has 0 spiro atoms. The van der Waals surface area contributed by atoms with Crippen LogP contribution in [-0.4, -0.2) is 40.2 Å². The van der Waals surface area contributed by atoms with Gasteiger partial charge in [-0.1, -0.05) is 23.7 Å². The summed E-state index contributed by atoms with van der Waals surface area (Å²) in [5.41, 5.74) is 5.09. The van der Waals surface area contributed by atoms with Crippen molar-refractivity contribution in [3.63, 3.8) is 0 Å². The lowest BCUT2D eigenvalue weighted by Gasteiger charge is -2.15. The van der Waals surface area contributed by atoms with Crippen LogP contribution in [0.1, 0.15) is 16.8 Å². The lowest BCUT2D eigenvalue weighted by atomic mass is 10.0. The van der Waals surface area contributed by atoms with Gasteiger partial charge >= 0.3 is 0 Å². The Kier molecular flexibility index (Phi) is 6.17. The molecular formula is C23H23ClN4O3S. The van der Waals surface area contributed by atoms with E-state index >= 15 is 0 Å². The standard InChI is InChI=1S/C23H23ClN4O3S/c1-15-11-18(21-7-9-26-28(21)2)17-5-4-6-22(23(17)27-15)31-14-19-16(8-10-32(3,29)30)12-25-13-20(19)24/h4-7,9,11-13H,8,10,14H2,1-3H3. The van der Waals surface area contributed by atoms with E-state index in [1.165, 1.54) is 12.5 Å². The van der Waals surface area contributed by atoms with E-state index < -0.39 is 9.84 Å². The molecular weight excluding hydrogens is 448 g/mol. The number of hydrogen-bond donors (Lipinski definition) is 0. The molecule has 1 aromatic carbocycles. The molecule has 0 unspecified atom stereocenters. The van der Waals surface area contributed by atoms with Gasteiger partial charge in [-0.2, -0.15) is 5.10 Å². The number of fused-ring (bicyclic) bond motifs is 1. The zero-order valence-electron chi connectivity index (χ0n) is 18.0. The largest absolute Gasteiger partial charge is 0.487 e. The Bertz CT molecular complexity index is 1400. The number of benzene rings is 1. The van der Waals surface area contributed by atoms with E-state index in [9.17, 15) is 8.42 Å². The van der Waals surface area contributed by atoms with E-state index in [0.29, 0.717) is 17.2 Å². The zero-order chi connectivity index (χ0) is 22.9. The fourth-order valence-electron chi connectivity index (χ4n) is 3.64. The third-order valence-corrected chi connectivity index (χ3v) is 6.51. The van der Waals surface area contributed by atoms with Crippen molar-refractivity contribution in [3.05, 3.63) is 70.8 Å². The third-order valence-electron chi connectivity index (χ3n) is 5.24. The maximum Gasteiger partial charge on any atom is 0.147 e. The monoisotopic (exact) mass is 470 g/mol. The highest BCUT2D eigenvalue weighted by molar-refractivity contribution is 7.90. The summed E-state index contributed by atoms with van der Waals surface area (Å²) in [4.78, 5) is 8.83. The van der Waals surface area contributed by atoms with Crippen LogP contribution in [-0.2, 0) is 29.9 Å². The van der Waals surface area contributed by atoms with Crippen LogP contribution in [0.2, 0.25) is 5.02 Å². The number of halogens is 1. The Morgan fingerprint density at radius 1 is 1.19 bits per heavy atom. The molecule has 0 radical (unpaired) electrons. The molecule has 3 aromatic heterocycles. The van der Waals surface area contributed by atoms with E-state index in [1.807, 2.05) is 49.0 Å². The summed E-state index contributed by atoms with van der Waals surface area (Å²) in [6, 6.07) is 9.80. The smallest absolute Gasteiger partial charge is 0.147 e. The third kappa shape index (κ3) is 4.76.